The normalized spacial score (nSPS) is 10.2. The van der Waals surface area contributed by atoms with Gasteiger partial charge in [0.1, 0.15) is 0 Å². The summed E-state index contributed by atoms with van der Waals surface area (Å²) in [6.07, 6.45) is 0. The van der Waals surface area contributed by atoms with Gasteiger partial charge in [-0.3, -0.25) is 4.79 Å². The van der Waals surface area contributed by atoms with Gasteiger partial charge < -0.3 is 10.1 Å². The third-order valence-corrected chi connectivity index (χ3v) is 4.24. The molecule has 2 aromatic carbocycles. The van der Waals surface area contributed by atoms with Crippen LogP contribution in [-0.2, 0) is 16.1 Å². The first-order chi connectivity index (χ1) is 11.0. The quantitative estimate of drug-likeness (QED) is 0.742. The zero-order valence-electron chi connectivity index (χ0n) is 11.8. The number of benzene rings is 2. The maximum absolute atomic E-state index is 11.9. The summed E-state index contributed by atoms with van der Waals surface area (Å²) < 4.78 is 5.83. The lowest BCUT2D eigenvalue weighted by Crippen LogP contribution is -2.28. The molecule has 0 heterocycles. The second kappa shape index (κ2) is 8.34. The number of esters is 1. The topological polar surface area (TPSA) is 55.4 Å². The predicted octanol–water partition coefficient (Wildman–Crippen LogP) is 4.23. The minimum atomic E-state index is -0.678. The van der Waals surface area contributed by atoms with Crippen molar-refractivity contribution in [2.45, 2.75) is 6.54 Å². The number of nitrogens with one attached hydrogen (secondary N) is 1. The van der Waals surface area contributed by atoms with Gasteiger partial charge in [-0.2, -0.15) is 0 Å². The van der Waals surface area contributed by atoms with Gasteiger partial charge in [0.2, 0.25) is 0 Å². The van der Waals surface area contributed by atoms with Crippen molar-refractivity contribution in [3.05, 3.63) is 68.1 Å². The molecule has 2 aromatic rings. The monoisotopic (exact) mass is 415 g/mol. The minimum absolute atomic E-state index is 0.162. The van der Waals surface area contributed by atoms with E-state index in [0.29, 0.717) is 11.6 Å². The van der Waals surface area contributed by atoms with Gasteiger partial charge in [-0.25, -0.2) is 4.79 Å². The first-order valence-electron chi connectivity index (χ1n) is 6.59. The Balaban J connectivity index is 1.84. The summed E-state index contributed by atoms with van der Waals surface area (Å²) >= 11 is 15.1. The molecule has 0 aliphatic rings. The third kappa shape index (κ3) is 5.23. The van der Waals surface area contributed by atoms with E-state index in [0.717, 1.165) is 10.0 Å². The van der Waals surface area contributed by atoms with E-state index in [1.54, 1.807) is 0 Å². The molecule has 0 saturated heterocycles. The van der Waals surface area contributed by atoms with E-state index in [1.807, 2.05) is 24.3 Å². The number of rotatable bonds is 5. The zero-order chi connectivity index (χ0) is 16.8. The lowest BCUT2D eigenvalue weighted by atomic mass is 10.2. The van der Waals surface area contributed by atoms with E-state index in [-0.39, 0.29) is 17.2 Å². The molecule has 120 valence electrons. The van der Waals surface area contributed by atoms with Crippen LogP contribution in [0, 0.1) is 0 Å². The Kier molecular flexibility index (Phi) is 6.45. The van der Waals surface area contributed by atoms with Crippen molar-refractivity contribution in [2.75, 3.05) is 6.61 Å². The number of hydrogen-bond acceptors (Lipinski definition) is 3. The van der Waals surface area contributed by atoms with Crippen molar-refractivity contribution in [1.29, 1.82) is 0 Å². The van der Waals surface area contributed by atoms with Crippen molar-refractivity contribution in [3.63, 3.8) is 0 Å². The second-order valence-corrected chi connectivity index (χ2v) is 6.27. The van der Waals surface area contributed by atoms with Crippen molar-refractivity contribution < 1.29 is 14.3 Å². The van der Waals surface area contributed by atoms with Gasteiger partial charge in [-0.15, -0.1) is 0 Å². The number of amides is 1. The molecule has 7 heteroatoms. The van der Waals surface area contributed by atoms with Crippen molar-refractivity contribution in [2.24, 2.45) is 0 Å². The average Bonchev–Trinajstić information content (AvgIpc) is 2.52. The molecule has 0 aliphatic heterocycles. The molecule has 0 radical (unpaired) electrons. The standard InChI is InChI=1S/C16H12BrCl2NO3/c17-13-4-2-1-3-10(13)8-20-15(21)9-23-16(22)12-6-5-11(18)7-14(12)19/h1-7H,8-9H2,(H,20,21). The van der Waals surface area contributed by atoms with Crippen LogP contribution in [0.25, 0.3) is 0 Å². The van der Waals surface area contributed by atoms with E-state index in [4.69, 9.17) is 27.9 Å². The van der Waals surface area contributed by atoms with Crippen LogP contribution in [0.4, 0.5) is 0 Å². The molecule has 0 unspecified atom stereocenters. The SMILES string of the molecule is O=C(COC(=O)c1ccc(Cl)cc1Cl)NCc1ccccc1Br. The van der Waals surface area contributed by atoms with Gasteiger partial charge in [0.05, 0.1) is 10.6 Å². The molecule has 0 fully saturated rings. The van der Waals surface area contributed by atoms with Crippen LogP contribution in [0.15, 0.2) is 46.9 Å². The zero-order valence-corrected chi connectivity index (χ0v) is 14.9. The molecule has 1 amide bonds. The number of ether oxygens (including phenoxy) is 1. The summed E-state index contributed by atoms with van der Waals surface area (Å²) in [5, 5.41) is 3.26. The molecular weight excluding hydrogens is 405 g/mol. The van der Waals surface area contributed by atoms with Crippen LogP contribution < -0.4 is 5.32 Å². The summed E-state index contributed by atoms with van der Waals surface area (Å²) in [5.74, 6) is -1.08. The predicted molar refractivity (Wildman–Crippen MR) is 92.7 cm³/mol. The maximum atomic E-state index is 11.9. The Hall–Kier alpha value is -1.56. The first kappa shape index (κ1) is 17.8. The first-order valence-corrected chi connectivity index (χ1v) is 8.14. The van der Waals surface area contributed by atoms with E-state index < -0.39 is 11.9 Å². The van der Waals surface area contributed by atoms with Gasteiger partial charge >= 0.3 is 5.97 Å². The Morgan fingerprint density at radius 2 is 1.87 bits per heavy atom. The van der Waals surface area contributed by atoms with Crippen LogP contribution in [0.3, 0.4) is 0 Å². The highest BCUT2D eigenvalue weighted by atomic mass is 79.9. The Bertz CT molecular complexity index is 737. The van der Waals surface area contributed by atoms with Gasteiger partial charge in [0.25, 0.3) is 5.91 Å². The minimum Gasteiger partial charge on any atom is -0.452 e. The van der Waals surface area contributed by atoms with Gasteiger partial charge in [-0.05, 0) is 29.8 Å². The van der Waals surface area contributed by atoms with Crippen LogP contribution in [0.2, 0.25) is 10.0 Å². The molecule has 0 bridgehead atoms. The second-order valence-electron chi connectivity index (χ2n) is 4.57. The third-order valence-electron chi connectivity index (χ3n) is 2.92. The Morgan fingerprint density at radius 1 is 1.13 bits per heavy atom. The number of hydrogen-bond donors (Lipinski definition) is 1. The van der Waals surface area contributed by atoms with E-state index in [1.165, 1.54) is 18.2 Å². The molecular formula is C16H12BrCl2NO3. The van der Waals surface area contributed by atoms with Crippen LogP contribution >= 0.6 is 39.1 Å². The molecule has 4 nitrogen and oxygen atoms in total. The highest BCUT2D eigenvalue weighted by Gasteiger charge is 2.14. The highest BCUT2D eigenvalue weighted by molar-refractivity contribution is 9.10. The number of carbonyl (C=O) groups excluding carboxylic acids is 2. The van der Waals surface area contributed by atoms with Crippen molar-refractivity contribution in [3.8, 4) is 0 Å². The van der Waals surface area contributed by atoms with Crippen molar-refractivity contribution >= 4 is 51.0 Å². The summed E-state index contributed by atoms with van der Waals surface area (Å²) in [6, 6.07) is 11.9. The average molecular weight is 417 g/mol. The van der Waals surface area contributed by atoms with Gasteiger partial charge in [0, 0.05) is 16.0 Å². The molecule has 0 saturated carbocycles. The Labute approximate surface area is 151 Å². The van der Waals surface area contributed by atoms with E-state index >= 15 is 0 Å². The fraction of sp³-hybridized carbons (Fsp3) is 0.125. The van der Waals surface area contributed by atoms with Crippen LogP contribution in [0.1, 0.15) is 15.9 Å². The summed E-state index contributed by atoms with van der Waals surface area (Å²) in [5.41, 5.74) is 1.09. The van der Waals surface area contributed by atoms with Gasteiger partial charge in [0.15, 0.2) is 6.61 Å². The van der Waals surface area contributed by atoms with Crippen LogP contribution in [0.5, 0.6) is 0 Å². The lowest BCUT2D eigenvalue weighted by Gasteiger charge is -2.08. The fourth-order valence-electron chi connectivity index (χ4n) is 1.75. The smallest absolute Gasteiger partial charge is 0.340 e. The molecule has 1 N–H and O–H groups in total. The largest absolute Gasteiger partial charge is 0.452 e. The molecule has 23 heavy (non-hydrogen) atoms. The molecule has 0 spiro atoms. The number of carbonyl (C=O) groups is 2. The summed E-state index contributed by atoms with van der Waals surface area (Å²) in [4.78, 5) is 23.6. The molecule has 0 atom stereocenters. The number of halogens is 3. The van der Waals surface area contributed by atoms with E-state index in [9.17, 15) is 9.59 Å². The Morgan fingerprint density at radius 3 is 2.57 bits per heavy atom. The highest BCUT2D eigenvalue weighted by Crippen LogP contribution is 2.21. The molecule has 0 aliphatic carbocycles. The maximum Gasteiger partial charge on any atom is 0.340 e. The fourth-order valence-corrected chi connectivity index (χ4v) is 2.66. The van der Waals surface area contributed by atoms with Gasteiger partial charge in [-0.1, -0.05) is 57.3 Å². The van der Waals surface area contributed by atoms with E-state index in [2.05, 4.69) is 21.2 Å². The summed E-state index contributed by atoms with van der Waals surface area (Å²) in [6.45, 7) is -0.0538. The van der Waals surface area contributed by atoms with Crippen LogP contribution in [-0.4, -0.2) is 18.5 Å². The van der Waals surface area contributed by atoms with Crippen molar-refractivity contribution in [1.82, 2.24) is 5.32 Å². The molecule has 0 aromatic heterocycles. The summed E-state index contributed by atoms with van der Waals surface area (Å²) in [7, 11) is 0. The lowest BCUT2D eigenvalue weighted by molar-refractivity contribution is -0.124. The molecule has 2 rings (SSSR count).